The topological polar surface area (TPSA) is 75.7 Å². The van der Waals surface area contributed by atoms with Crippen molar-refractivity contribution in [2.75, 3.05) is 26.0 Å². The molecule has 9 heteroatoms. The Hall–Kier alpha value is -2.16. The number of rotatable bonds is 6. The zero-order chi connectivity index (χ0) is 18.6. The van der Waals surface area contributed by atoms with Crippen molar-refractivity contribution in [1.29, 1.82) is 0 Å². The first-order chi connectivity index (χ1) is 11.7. The molecule has 0 unspecified atom stereocenters. The number of ether oxygens (including phenoxy) is 1. The van der Waals surface area contributed by atoms with Crippen molar-refractivity contribution < 1.29 is 22.3 Å². The zero-order valence-electron chi connectivity index (χ0n) is 13.5. The number of amides is 1. The molecule has 0 radical (unpaired) electrons. The maximum Gasteiger partial charge on any atom is 0.243 e. The number of benzene rings is 2. The quantitative estimate of drug-likeness (QED) is 0.828. The smallest absolute Gasteiger partial charge is 0.243 e. The number of carbonyl (C=O) groups is 1. The van der Waals surface area contributed by atoms with Gasteiger partial charge in [0.15, 0.2) is 0 Å². The van der Waals surface area contributed by atoms with Gasteiger partial charge in [-0.2, -0.15) is 4.31 Å². The molecule has 0 aliphatic heterocycles. The highest BCUT2D eigenvalue weighted by molar-refractivity contribution is 7.89. The van der Waals surface area contributed by atoms with E-state index in [0.29, 0.717) is 16.5 Å². The standard InChI is InChI=1S/C16H16ClFN2O4S/c1-20(25(22,23)13-6-3-11(18)4-7-13)10-16(21)19-12-5-8-15(24-2)14(17)9-12/h3-9H,10H2,1-2H3,(H,19,21). The molecule has 134 valence electrons. The molecule has 6 nitrogen and oxygen atoms in total. The third-order valence-electron chi connectivity index (χ3n) is 3.32. The summed E-state index contributed by atoms with van der Waals surface area (Å²) < 4.78 is 43.5. The summed E-state index contributed by atoms with van der Waals surface area (Å²) in [6.07, 6.45) is 0. The largest absolute Gasteiger partial charge is 0.495 e. The Morgan fingerprint density at radius 2 is 1.88 bits per heavy atom. The number of halogens is 2. The van der Waals surface area contributed by atoms with E-state index in [-0.39, 0.29) is 4.90 Å². The molecule has 1 amide bonds. The summed E-state index contributed by atoms with van der Waals surface area (Å²) in [5.41, 5.74) is 0.406. The second kappa shape index (κ2) is 7.81. The average molecular weight is 387 g/mol. The number of carbonyl (C=O) groups excluding carboxylic acids is 1. The molecule has 0 fully saturated rings. The van der Waals surface area contributed by atoms with E-state index < -0.39 is 28.3 Å². The van der Waals surface area contributed by atoms with Gasteiger partial charge in [0.05, 0.1) is 23.6 Å². The van der Waals surface area contributed by atoms with Gasteiger partial charge >= 0.3 is 0 Å². The van der Waals surface area contributed by atoms with Crippen LogP contribution < -0.4 is 10.1 Å². The Kier molecular flexibility index (Phi) is 5.99. The lowest BCUT2D eigenvalue weighted by molar-refractivity contribution is -0.116. The Morgan fingerprint density at radius 3 is 2.44 bits per heavy atom. The van der Waals surface area contributed by atoms with Crippen LogP contribution in [-0.4, -0.2) is 39.3 Å². The predicted molar refractivity (Wildman–Crippen MR) is 92.8 cm³/mol. The van der Waals surface area contributed by atoms with Gasteiger partial charge in [0.1, 0.15) is 11.6 Å². The fourth-order valence-electron chi connectivity index (χ4n) is 2.02. The minimum Gasteiger partial charge on any atom is -0.495 e. The lowest BCUT2D eigenvalue weighted by Gasteiger charge is -2.17. The molecule has 2 aromatic carbocycles. The van der Waals surface area contributed by atoms with Crippen molar-refractivity contribution >= 4 is 33.2 Å². The van der Waals surface area contributed by atoms with E-state index in [1.165, 1.54) is 20.2 Å². The van der Waals surface area contributed by atoms with Crippen LogP contribution >= 0.6 is 11.6 Å². The molecular weight excluding hydrogens is 371 g/mol. The van der Waals surface area contributed by atoms with E-state index in [0.717, 1.165) is 28.6 Å². The summed E-state index contributed by atoms with van der Waals surface area (Å²) in [6, 6.07) is 9.02. The van der Waals surface area contributed by atoms with E-state index in [2.05, 4.69) is 5.32 Å². The minimum absolute atomic E-state index is 0.100. The van der Waals surface area contributed by atoms with Crippen LogP contribution in [0, 0.1) is 5.82 Å². The maximum atomic E-state index is 12.9. The summed E-state index contributed by atoms with van der Waals surface area (Å²) in [4.78, 5) is 12.0. The molecule has 25 heavy (non-hydrogen) atoms. The number of anilines is 1. The van der Waals surface area contributed by atoms with Crippen molar-refractivity contribution in [1.82, 2.24) is 4.31 Å². The minimum atomic E-state index is -3.90. The monoisotopic (exact) mass is 386 g/mol. The predicted octanol–water partition coefficient (Wildman–Crippen LogP) is 2.75. The van der Waals surface area contributed by atoms with Gasteiger partial charge in [-0.15, -0.1) is 0 Å². The van der Waals surface area contributed by atoms with Gasteiger partial charge in [-0.1, -0.05) is 11.6 Å². The maximum absolute atomic E-state index is 12.9. The molecule has 0 aliphatic carbocycles. The van der Waals surface area contributed by atoms with Gasteiger partial charge in [0, 0.05) is 12.7 Å². The summed E-state index contributed by atoms with van der Waals surface area (Å²) >= 11 is 5.97. The second-order valence-corrected chi connectivity index (χ2v) is 7.56. The van der Waals surface area contributed by atoms with Crippen molar-refractivity contribution in [3.05, 3.63) is 53.3 Å². The molecular formula is C16H16ClFN2O4S. The van der Waals surface area contributed by atoms with Gasteiger partial charge in [0.25, 0.3) is 0 Å². The number of nitrogens with zero attached hydrogens (tertiary/aromatic N) is 1. The van der Waals surface area contributed by atoms with Gasteiger partial charge in [-0.05, 0) is 42.5 Å². The molecule has 1 N–H and O–H groups in total. The molecule has 2 rings (SSSR count). The first kappa shape index (κ1) is 19.2. The van der Waals surface area contributed by atoms with Crippen molar-refractivity contribution in [3.8, 4) is 5.75 Å². The highest BCUT2D eigenvalue weighted by Crippen LogP contribution is 2.27. The molecule has 0 heterocycles. The molecule has 0 saturated carbocycles. The molecule has 0 saturated heterocycles. The second-order valence-electron chi connectivity index (χ2n) is 5.11. The third kappa shape index (κ3) is 4.68. The highest BCUT2D eigenvalue weighted by atomic mass is 35.5. The van der Waals surface area contributed by atoms with E-state index >= 15 is 0 Å². The van der Waals surface area contributed by atoms with E-state index in [9.17, 15) is 17.6 Å². The number of methoxy groups -OCH3 is 1. The van der Waals surface area contributed by atoms with Crippen LogP contribution in [0.25, 0.3) is 0 Å². The van der Waals surface area contributed by atoms with Gasteiger partial charge in [-0.25, -0.2) is 12.8 Å². The van der Waals surface area contributed by atoms with Crippen LogP contribution in [0.5, 0.6) is 5.75 Å². The van der Waals surface area contributed by atoms with Crippen LogP contribution in [0.3, 0.4) is 0 Å². The highest BCUT2D eigenvalue weighted by Gasteiger charge is 2.23. The normalized spacial score (nSPS) is 11.4. The van der Waals surface area contributed by atoms with E-state index in [1.54, 1.807) is 12.1 Å². The van der Waals surface area contributed by atoms with Crippen LogP contribution in [0.4, 0.5) is 10.1 Å². The van der Waals surface area contributed by atoms with Gasteiger partial charge in [0.2, 0.25) is 15.9 Å². The van der Waals surface area contributed by atoms with Crippen LogP contribution in [0.15, 0.2) is 47.4 Å². The van der Waals surface area contributed by atoms with E-state index in [1.807, 2.05) is 0 Å². The van der Waals surface area contributed by atoms with Crippen molar-refractivity contribution in [2.45, 2.75) is 4.90 Å². The first-order valence-corrected chi connectivity index (χ1v) is 8.91. The summed E-state index contributed by atoms with van der Waals surface area (Å²) in [7, 11) is -1.17. The Balaban J connectivity index is 2.06. The third-order valence-corrected chi connectivity index (χ3v) is 5.44. The summed E-state index contributed by atoms with van der Waals surface area (Å²) in [5, 5.41) is 2.87. The number of nitrogens with one attached hydrogen (secondary N) is 1. The molecule has 0 atom stereocenters. The number of hydrogen-bond donors (Lipinski definition) is 1. The summed E-state index contributed by atoms with van der Waals surface area (Å²) in [6.45, 7) is -0.413. The fourth-order valence-corrected chi connectivity index (χ4v) is 3.40. The average Bonchev–Trinajstić information content (AvgIpc) is 2.55. The Bertz CT molecular complexity index is 872. The first-order valence-electron chi connectivity index (χ1n) is 7.09. The van der Waals surface area contributed by atoms with Crippen molar-refractivity contribution in [3.63, 3.8) is 0 Å². The van der Waals surface area contributed by atoms with Gasteiger partial charge < -0.3 is 10.1 Å². The fraction of sp³-hybridized carbons (Fsp3) is 0.188. The molecule has 0 aromatic heterocycles. The van der Waals surface area contributed by atoms with Crippen LogP contribution in [-0.2, 0) is 14.8 Å². The summed E-state index contributed by atoms with van der Waals surface area (Å²) in [5.74, 6) is -0.638. The number of likely N-dealkylation sites (N-methyl/N-ethyl adjacent to an activating group) is 1. The van der Waals surface area contributed by atoms with Crippen LogP contribution in [0.2, 0.25) is 5.02 Å². The Labute approximate surface area is 150 Å². The molecule has 0 aliphatic rings. The lowest BCUT2D eigenvalue weighted by Crippen LogP contribution is -2.34. The molecule has 0 spiro atoms. The number of sulfonamides is 1. The Morgan fingerprint density at radius 1 is 1.24 bits per heavy atom. The van der Waals surface area contributed by atoms with E-state index in [4.69, 9.17) is 16.3 Å². The lowest BCUT2D eigenvalue weighted by atomic mass is 10.3. The number of hydrogen-bond acceptors (Lipinski definition) is 4. The van der Waals surface area contributed by atoms with Crippen LogP contribution in [0.1, 0.15) is 0 Å². The zero-order valence-corrected chi connectivity index (χ0v) is 15.1. The van der Waals surface area contributed by atoms with Gasteiger partial charge in [-0.3, -0.25) is 4.79 Å². The molecule has 0 bridgehead atoms. The SMILES string of the molecule is COc1ccc(NC(=O)CN(C)S(=O)(=O)c2ccc(F)cc2)cc1Cl. The van der Waals surface area contributed by atoms with Crippen molar-refractivity contribution in [2.24, 2.45) is 0 Å². The molecule has 2 aromatic rings.